The number of piperazine rings is 1. The molecule has 1 heterocycles. The van der Waals surface area contributed by atoms with Crippen molar-refractivity contribution < 1.29 is 4.79 Å². The molecule has 2 aromatic rings. The molecule has 5 heteroatoms. The van der Waals surface area contributed by atoms with E-state index < -0.39 is 0 Å². The molecule has 23 heavy (non-hydrogen) atoms. The van der Waals surface area contributed by atoms with E-state index in [-0.39, 0.29) is 5.91 Å². The van der Waals surface area contributed by atoms with Crippen molar-refractivity contribution in [1.82, 2.24) is 5.32 Å². The number of carbonyl (C=O) groups is 1. The summed E-state index contributed by atoms with van der Waals surface area (Å²) in [6.07, 6.45) is 0. The molecule has 1 aliphatic heterocycles. The van der Waals surface area contributed by atoms with Gasteiger partial charge in [-0.1, -0.05) is 18.2 Å². The number of carbonyl (C=O) groups excluding carboxylic acids is 1. The molecule has 2 aromatic carbocycles. The summed E-state index contributed by atoms with van der Waals surface area (Å²) in [6, 6.07) is 16.8. The van der Waals surface area contributed by atoms with Gasteiger partial charge in [0, 0.05) is 37.4 Å². The lowest BCUT2D eigenvalue weighted by atomic mass is 10.1. The van der Waals surface area contributed by atoms with Crippen LogP contribution in [0.1, 0.15) is 15.9 Å². The summed E-state index contributed by atoms with van der Waals surface area (Å²) >= 11 is 0. The minimum absolute atomic E-state index is 0.176. The lowest BCUT2D eigenvalue weighted by Crippen LogP contribution is -2.43. The van der Waals surface area contributed by atoms with E-state index in [0.29, 0.717) is 16.8 Å². The summed E-state index contributed by atoms with van der Waals surface area (Å²) in [5.74, 6) is -0.176. The highest BCUT2D eigenvalue weighted by molar-refractivity contribution is 6.04. The molecule has 0 unspecified atom stereocenters. The van der Waals surface area contributed by atoms with Crippen LogP contribution in [0.4, 0.5) is 11.4 Å². The zero-order valence-corrected chi connectivity index (χ0v) is 12.7. The van der Waals surface area contributed by atoms with Gasteiger partial charge in [-0.15, -0.1) is 0 Å². The van der Waals surface area contributed by atoms with E-state index in [2.05, 4.69) is 21.6 Å². The molecular weight excluding hydrogens is 288 g/mol. The summed E-state index contributed by atoms with van der Waals surface area (Å²) in [5.41, 5.74) is 2.73. The third-order valence-corrected chi connectivity index (χ3v) is 3.87. The van der Waals surface area contributed by atoms with Crippen LogP contribution in [0.25, 0.3) is 0 Å². The standard InChI is InChI=1S/C18H18N4O/c19-13-15-12-16(21-18(23)14-4-2-1-3-5-14)6-7-17(15)22-10-8-20-9-11-22/h1-7,12,20H,8-11H2,(H,21,23). The van der Waals surface area contributed by atoms with Crippen molar-refractivity contribution in [3.05, 3.63) is 59.7 Å². The number of nitrogens with one attached hydrogen (secondary N) is 2. The average molecular weight is 306 g/mol. The maximum absolute atomic E-state index is 12.2. The molecule has 1 amide bonds. The molecule has 0 spiro atoms. The second-order valence-electron chi connectivity index (χ2n) is 5.40. The van der Waals surface area contributed by atoms with Crippen LogP contribution in [0, 0.1) is 11.3 Å². The fraction of sp³-hybridized carbons (Fsp3) is 0.222. The SMILES string of the molecule is N#Cc1cc(NC(=O)c2ccccc2)ccc1N1CCNCC1. The van der Waals surface area contributed by atoms with E-state index in [0.717, 1.165) is 31.9 Å². The zero-order valence-electron chi connectivity index (χ0n) is 12.7. The summed E-state index contributed by atoms with van der Waals surface area (Å²) in [4.78, 5) is 14.4. The molecule has 0 aliphatic carbocycles. The van der Waals surface area contributed by atoms with Crippen molar-refractivity contribution in [2.75, 3.05) is 36.4 Å². The molecular formula is C18H18N4O. The molecule has 0 radical (unpaired) electrons. The number of nitriles is 1. The fourth-order valence-corrected chi connectivity index (χ4v) is 2.68. The minimum atomic E-state index is -0.176. The molecule has 0 bridgehead atoms. The molecule has 5 nitrogen and oxygen atoms in total. The summed E-state index contributed by atoms with van der Waals surface area (Å²) in [6.45, 7) is 3.59. The first kappa shape index (κ1) is 15.1. The van der Waals surface area contributed by atoms with Crippen LogP contribution >= 0.6 is 0 Å². The Hall–Kier alpha value is -2.84. The van der Waals surface area contributed by atoms with Crippen LogP contribution in [-0.4, -0.2) is 32.1 Å². The highest BCUT2D eigenvalue weighted by atomic mass is 16.1. The van der Waals surface area contributed by atoms with E-state index in [4.69, 9.17) is 0 Å². The van der Waals surface area contributed by atoms with Crippen LogP contribution in [-0.2, 0) is 0 Å². The zero-order chi connectivity index (χ0) is 16.1. The molecule has 1 fully saturated rings. The Bertz CT molecular complexity index is 730. The molecule has 0 aromatic heterocycles. The third kappa shape index (κ3) is 3.50. The van der Waals surface area contributed by atoms with Gasteiger partial charge in [0.25, 0.3) is 5.91 Å². The Balaban J connectivity index is 1.79. The average Bonchev–Trinajstić information content (AvgIpc) is 2.63. The van der Waals surface area contributed by atoms with E-state index in [1.165, 1.54) is 0 Å². The number of benzene rings is 2. The molecule has 0 atom stereocenters. The summed E-state index contributed by atoms with van der Waals surface area (Å²) < 4.78 is 0. The lowest BCUT2D eigenvalue weighted by Gasteiger charge is -2.30. The van der Waals surface area contributed by atoms with Gasteiger partial charge in [-0.2, -0.15) is 5.26 Å². The Morgan fingerprint density at radius 2 is 1.87 bits per heavy atom. The van der Waals surface area contributed by atoms with E-state index >= 15 is 0 Å². The molecule has 116 valence electrons. The number of hydrogen-bond acceptors (Lipinski definition) is 4. The highest BCUT2D eigenvalue weighted by Gasteiger charge is 2.15. The predicted molar refractivity (Wildman–Crippen MR) is 90.6 cm³/mol. The van der Waals surface area contributed by atoms with Gasteiger partial charge in [-0.3, -0.25) is 4.79 Å². The smallest absolute Gasteiger partial charge is 0.255 e. The Kier molecular flexibility index (Phi) is 4.55. The maximum atomic E-state index is 12.2. The second kappa shape index (κ2) is 6.95. The van der Waals surface area contributed by atoms with Crippen molar-refractivity contribution in [3.63, 3.8) is 0 Å². The van der Waals surface area contributed by atoms with Gasteiger partial charge in [0.2, 0.25) is 0 Å². The van der Waals surface area contributed by atoms with Crippen molar-refractivity contribution in [1.29, 1.82) is 5.26 Å². The lowest BCUT2D eigenvalue weighted by molar-refractivity contribution is 0.102. The first-order chi connectivity index (χ1) is 11.3. The molecule has 2 N–H and O–H groups in total. The minimum Gasteiger partial charge on any atom is -0.368 e. The number of amides is 1. The first-order valence-electron chi connectivity index (χ1n) is 7.64. The van der Waals surface area contributed by atoms with Gasteiger partial charge in [0.15, 0.2) is 0 Å². The molecule has 1 aliphatic rings. The largest absolute Gasteiger partial charge is 0.368 e. The van der Waals surface area contributed by atoms with E-state index in [1.54, 1.807) is 18.2 Å². The van der Waals surface area contributed by atoms with Crippen molar-refractivity contribution >= 4 is 17.3 Å². The van der Waals surface area contributed by atoms with Crippen LogP contribution < -0.4 is 15.5 Å². The van der Waals surface area contributed by atoms with Crippen LogP contribution in [0.5, 0.6) is 0 Å². The van der Waals surface area contributed by atoms with Gasteiger partial charge in [0.05, 0.1) is 11.3 Å². The van der Waals surface area contributed by atoms with Gasteiger partial charge in [-0.25, -0.2) is 0 Å². The monoisotopic (exact) mass is 306 g/mol. The summed E-state index contributed by atoms with van der Waals surface area (Å²) in [5, 5.41) is 15.6. The van der Waals surface area contributed by atoms with E-state index in [1.807, 2.05) is 30.3 Å². The maximum Gasteiger partial charge on any atom is 0.255 e. The Labute approximate surface area is 135 Å². The van der Waals surface area contributed by atoms with Crippen molar-refractivity contribution in [2.45, 2.75) is 0 Å². The quantitative estimate of drug-likeness (QED) is 0.912. The molecule has 1 saturated heterocycles. The number of hydrogen-bond donors (Lipinski definition) is 2. The second-order valence-corrected chi connectivity index (χ2v) is 5.40. The fourth-order valence-electron chi connectivity index (χ4n) is 2.68. The summed E-state index contributed by atoms with van der Waals surface area (Å²) in [7, 11) is 0. The normalized spacial score (nSPS) is 14.1. The van der Waals surface area contributed by atoms with Gasteiger partial charge in [-0.05, 0) is 30.3 Å². The van der Waals surface area contributed by atoms with Crippen LogP contribution in [0.2, 0.25) is 0 Å². The van der Waals surface area contributed by atoms with E-state index in [9.17, 15) is 10.1 Å². The van der Waals surface area contributed by atoms with Gasteiger partial charge < -0.3 is 15.5 Å². The number of nitrogens with zero attached hydrogens (tertiary/aromatic N) is 2. The van der Waals surface area contributed by atoms with Crippen LogP contribution in [0.3, 0.4) is 0 Å². The molecule has 3 rings (SSSR count). The first-order valence-corrected chi connectivity index (χ1v) is 7.64. The highest BCUT2D eigenvalue weighted by Crippen LogP contribution is 2.24. The van der Waals surface area contributed by atoms with Gasteiger partial charge >= 0.3 is 0 Å². The van der Waals surface area contributed by atoms with Crippen LogP contribution in [0.15, 0.2) is 48.5 Å². The van der Waals surface area contributed by atoms with Crippen molar-refractivity contribution in [2.24, 2.45) is 0 Å². The van der Waals surface area contributed by atoms with Gasteiger partial charge in [0.1, 0.15) is 6.07 Å². The predicted octanol–water partition coefficient (Wildman–Crippen LogP) is 2.22. The topological polar surface area (TPSA) is 68.2 Å². The Morgan fingerprint density at radius 3 is 2.57 bits per heavy atom. The Morgan fingerprint density at radius 1 is 1.13 bits per heavy atom. The third-order valence-electron chi connectivity index (χ3n) is 3.87. The number of rotatable bonds is 3. The molecule has 0 saturated carbocycles. The number of anilines is 2. The van der Waals surface area contributed by atoms with Crippen molar-refractivity contribution in [3.8, 4) is 6.07 Å².